The SMILES string of the molecule is CC(C)n1ccc(O)cc1=O. The van der Waals surface area contributed by atoms with Crippen LogP contribution in [-0.2, 0) is 0 Å². The molecule has 1 aromatic heterocycles. The number of pyridine rings is 1. The Morgan fingerprint density at radius 2 is 2.18 bits per heavy atom. The van der Waals surface area contributed by atoms with Crippen LogP contribution in [0.2, 0.25) is 0 Å². The second kappa shape index (κ2) is 2.78. The van der Waals surface area contributed by atoms with E-state index in [0.717, 1.165) is 0 Å². The van der Waals surface area contributed by atoms with Crippen LogP contribution in [0.4, 0.5) is 0 Å². The molecule has 0 bridgehead atoms. The molecule has 0 saturated carbocycles. The molecule has 1 rings (SSSR count). The lowest BCUT2D eigenvalue weighted by Crippen LogP contribution is -2.19. The summed E-state index contributed by atoms with van der Waals surface area (Å²) >= 11 is 0. The average molecular weight is 153 g/mol. The summed E-state index contributed by atoms with van der Waals surface area (Å²) in [5.74, 6) is 0.0203. The number of hydrogen-bond donors (Lipinski definition) is 1. The van der Waals surface area contributed by atoms with Crippen molar-refractivity contribution in [2.24, 2.45) is 0 Å². The molecular formula is C8H11NO2. The van der Waals surface area contributed by atoms with E-state index in [2.05, 4.69) is 0 Å². The lowest BCUT2D eigenvalue weighted by molar-refractivity contribution is 0.467. The number of nitrogens with zero attached hydrogens (tertiary/aromatic N) is 1. The van der Waals surface area contributed by atoms with E-state index in [4.69, 9.17) is 5.11 Å². The highest BCUT2D eigenvalue weighted by Crippen LogP contribution is 2.04. The molecule has 0 spiro atoms. The Morgan fingerprint density at radius 1 is 1.55 bits per heavy atom. The van der Waals surface area contributed by atoms with Gasteiger partial charge < -0.3 is 9.67 Å². The van der Waals surface area contributed by atoms with E-state index in [9.17, 15) is 4.79 Å². The molecule has 11 heavy (non-hydrogen) atoms. The maximum absolute atomic E-state index is 11.1. The molecule has 1 heterocycles. The minimum Gasteiger partial charge on any atom is -0.508 e. The Morgan fingerprint density at radius 3 is 2.64 bits per heavy atom. The molecule has 0 aromatic carbocycles. The third kappa shape index (κ3) is 1.61. The summed E-state index contributed by atoms with van der Waals surface area (Å²) in [6.45, 7) is 3.83. The van der Waals surface area contributed by atoms with Crippen molar-refractivity contribution in [3.8, 4) is 5.75 Å². The summed E-state index contributed by atoms with van der Waals surface area (Å²) < 4.78 is 1.56. The van der Waals surface area contributed by atoms with Crippen molar-refractivity contribution in [1.29, 1.82) is 0 Å². The first kappa shape index (κ1) is 7.85. The maximum atomic E-state index is 11.1. The van der Waals surface area contributed by atoms with Crippen LogP contribution < -0.4 is 5.56 Å². The lowest BCUT2D eigenvalue weighted by Gasteiger charge is -2.07. The Balaban J connectivity index is 3.21. The maximum Gasteiger partial charge on any atom is 0.254 e. The zero-order valence-electron chi connectivity index (χ0n) is 6.61. The van der Waals surface area contributed by atoms with Crippen LogP contribution in [0.1, 0.15) is 19.9 Å². The zero-order chi connectivity index (χ0) is 8.43. The molecule has 0 aliphatic rings. The van der Waals surface area contributed by atoms with Gasteiger partial charge in [0.2, 0.25) is 0 Å². The fourth-order valence-corrected chi connectivity index (χ4v) is 0.906. The van der Waals surface area contributed by atoms with Crippen molar-refractivity contribution >= 4 is 0 Å². The predicted molar refractivity (Wildman–Crippen MR) is 42.8 cm³/mol. The van der Waals surface area contributed by atoms with Gasteiger partial charge in [-0.1, -0.05) is 0 Å². The molecule has 0 unspecified atom stereocenters. The Hall–Kier alpha value is -1.25. The molecule has 0 amide bonds. The summed E-state index contributed by atoms with van der Waals surface area (Å²) in [7, 11) is 0. The highest BCUT2D eigenvalue weighted by molar-refractivity contribution is 5.15. The van der Waals surface area contributed by atoms with E-state index in [1.54, 1.807) is 10.8 Å². The molecule has 0 aliphatic heterocycles. The summed E-state index contributed by atoms with van der Waals surface area (Å²) in [5.41, 5.74) is -0.167. The van der Waals surface area contributed by atoms with Crippen LogP contribution in [0.25, 0.3) is 0 Å². The summed E-state index contributed by atoms with van der Waals surface area (Å²) in [5, 5.41) is 8.91. The van der Waals surface area contributed by atoms with Gasteiger partial charge in [0.25, 0.3) is 5.56 Å². The van der Waals surface area contributed by atoms with Crippen LogP contribution in [0.5, 0.6) is 5.75 Å². The number of aromatic nitrogens is 1. The molecule has 0 atom stereocenters. The standard InChI is InChI=1S/C8H11NO2/c1-6(2)9-4-3-7(10)5-8(9)11/h3-6,10H,1-2H3. The average Bonchev–Trinajstić information content (AvgIpc) is 1.85. The Labute approximate surface area is 64.9 Å². The van der Waals surface area contributed by atoms with Gasteiger partial charge in [0.15, 0.2) is 0 Å². The Kier molecular flexibility index (Phi) is 1.98. The topological polar surface area (TPSA) is 42.2 Å². The van der Waals surface area contributed by atoms with Gasteiger partial charge in [-0.15, -0.1) is 0 Å². The molecule has 0 aliphatic carbocycles. The van der Waals surface area contributed by atoms with Crippen molar-refractivity contribution in [1.82, 2.24) is 4.57 Å². The summed E-state index contributed by atoms with van der Waals surface area (Å²) in [6.07, 6.45) is 1.59. The van der Waals surface area contributed by atoms with Gasteiger partial charge in [-0.2, -0.15) is 0 Å². The van der Waals surface area contributed by atoms with Crippen LogP contribution >= 0.6 is 0 Å². The fourth-order valence-electron chi connectivity index (χ4n) is 0.906. The monoisotopic (exact) mass is 153 g/mol. The highest BCUT2D eigenvalue weighted by atomic mass is 16.3. The highest BCUT2D eigenvalue weighted by Gasteiger charge is 1.99. The Bertz CT molecular complexity index is 301. The van der Waals surface area contributed by atoms with E-state index in [0.29, 0.717) is 0 Å². The molecule has 60 valence electrons. The molecule has 1 N–H and O–H groups in total. The second-order valence-corrected chi connectivity index (χ2v) is 2.72. The number of hydrogen-bond acceptors (Lipinski definition) is 2. The first-order chi connectivity index (χ1) is 5.11. The third-order valence-corrected chi connectivity index (χ3v) is 1.49. The van der Waals surface area contributed by atoms with Crippen molar-refractivity contribution in [3.63, 3.8) is 0 Å². The smallest absolute Gasteiger partial charge is 0.254 e. The van der Waals surface area contributed by atoms with Gasteiger partial charge >= 0.3 is 0 Å². The van der Waals surface area contributed by atoms with Crippen molar-refractivity contribution in [2.45, 2.75) is 19.9 Å². The van der Waals surface area contributed by atoms with Crippen molar-refractivity contribution in [2.75, 3.05) is 0 Å². The quantitative estimate of drug-likeness (QED) is 0.657. The molecule has 0 fully saturated rings. The summed E-state index contributed by atoms with van der Waals surface area (Å²) in [4.78, 5) is 11.1. The first-order valence-corrected chi connectivity index (χ1v) is 3.52. The van der Waals surface area contributed by atoms with Crippen LogP contribution in [0, 0.1) is 0 Å². The van der Waals surface area contributed by atoms with Crippen LogP contribution in [0.15, 0.2) is 23.1 Å². The zero-order valence-corrected chi connectivity index (χ0v) is 6.61. The summed E-state index contributed by atoms with van der Waals surface area (Å²) in [6, 6.07) is 2.85. The third-order valence-electron chi connectivity index (χ3n) is 1.49. The van der Waals surface area contributed by atoms with E-state index < -0.39 is 0 Å². The minimum atomic E-state index is -0.167. The van der Waals surface area contributed by atoms with E-state index in [1.807, 2.05) is 13.8 Å². The molecule has 0 saturated heterocycles. The number of aromatic hydroxyl groups is 1. The molecular weight excluding hydrogens is 142 g/mol. The normalized spacial score (nSPS) is 10.5. The van der Waals surface area contributed by atoms with Gasteiger partial charge in [-0.05, 0) is 19.9 Å². The first-order valence-electron chi connectivity index (χ1n) is 3.52. The molecule has 0 radical (unpaired) electrons. The van der Waals surface area contributed by atoms with E-state index >= 15 is 0 Å². The van der Waals surface area contributed by atoms with E-state index in [1.165, 1.54) is 12.1 Å². The van der Waals surface area contributed by atoms with Gasteiger partial charge in [-0.3, -0.25) is 4.79 Å². The van der Waals surface area contributed by atoms with Crippen molar-refractivity contribution in [3.05, 3.63) is 28.7 Å². The predicted octanol–water partition coefficient (Wildman–Crippen LogP) is 1.13. The van der Waals surface area contributed by atoms with Gasteiger partial charge in [0, 0.05) is 18.3 Å². The van der Waals surface area contributed by atoms with Crippen molar-refractivity contribution < 1.29 is 5.11 Å². The molecule has 1 aromatic rings. The lowest BCUT2D eigenvalue weighted by atomic mass is 10.3. The molecule has 3 heteroatoms. The van der Waals surface area contributed by atoms with Crippen LogP contribution in [0.3, 0.4) is 0 Å². The van der Waals surface area contributed by atoms with E-state index in [-0.39, 0.29) is 17.4 Å². The van der Waals surface area contributed by atoms with Gasteiger partial charge in [-0.25, -0.2) is 0 Å². The van der Waals surface area contributed by atoms with Gasteiger partial charge in [0.1, 0.15) is 5.75 Å². The minimum absolute atomic E-state index is 0.0203. The van der Waals surface area contributed by atoms with Crippen LogP contribution in [-0.4, -0.2) is 9.67 Å². The fraction of sp³-hybridized carbons (Fsp3) is 0.375. The molecule has 3 nitrogen and oxygen atoms in total. The second-order valence-electron chi connectivity index (χ2n) is 2.72. The number of rotatable bonds is 1. The largest absolute Gasteiger partial charge is 0.508 e. The van der Waals surface area contributed by atoms with Gasteiger partial charge in [0.05, 0.1) is 0 Å².